The van der Waals surface area contributed by atoms with Crippen LogP contribution in [0, 0.1) is 13.8 Å². The Hall–Kier alpha value is -4.11. The number of carbonyl (C=O) groups excluding carboxylic acids is 1. The molecular weight excluding hydrogens is 481 g/mol. The summed E-state index contributed by atoms with van der Waals surface area (Å²) in [4.78, 5) is 24.9. The standard InChI is InChI=1S/C28H25F3N4O2/c1-16-5-6-21(34-26(36)19-8-10-33-25(13-19)28(29,30)31)15-22(16)20-12-23(18-7-9-32-17(2)11-18)35-24(14-20)27(3,4)37/h5-15,37H,1-4H3,(H,34,36). The molecule has 4 aromatic rings. The lowest BCUT2D eigenvalue weighted by atomic mass is 9.94. The molecule has 9 heteroatoms. The number of aliphatic hydroxyl groups is 1. The third-order valence-electron chi connectivity index (χ3n) is 5.76. The first kappa shape index (κ1) is 26.0. The molecule has 0 aliphatic rings. The maximum absolute atomic E-state index is 13.0. The summed E-state index contributed by atoms with van der Waals surface area (Å²) in [5.41, 5.74) is 3.06. The lowest BCUT2D eigenvalue weighted by Gasteiger charge is -2.20. The van der Waals surface area contributed by atoms with Crippen LogP contribution in [0.3, 0.4) is 0 Å². The molecule has 6 nitrogen and oxygen atoms in total. The zero-order valence-electron chi connectivity index (χ0n) is 20.7. The molecule has 0 unspecified atom stereocenters. The number of hydrogen-bond acceptors (Lipinski definition) is 5. The van der Waals surface area contributed by atoms with E-state index in [0.29, 0.717) is 23.1 Å². The highest BCUT2D eigenvalue weighted by atomic mass is 19.4. The second kappa shape index (κ2) is 9.74. The van der Waals surface area contributed by atoms with Gasteiger partial charge in [0.05, 0.1) is 11.4 Å². The molecule has 0 saturated heterocycles. The SMILES string of the molecule is Cc1cc(-c2cc(-c3cc(NC(=O)c4ccnc(C(F)(F)F)c4)ccc3C)cc(C(C)(C)O)n2)ccn1. The van der Waals surface area contributed by atoms with Crippen molar-refractivity contribution in [3.8, 4) is 22.4 Å². The van der Waals surface area contributed by atoms with Gasteiger partial charge in [-0.1, -0.05) is 6.07 Å². The van der Waals surface area contributed by atoms with Crippen LogP contribution in [0.1, 0.15) is 46.9 Å². The van der Waals surface area contributed by atoms with Crippen LogP contribution in [-0.4, -0.2) is 26.0 Å². The molecule has 3 aromatic heterocycles. The Morgan fingerprint density at radius 3 is 2.27 bits per heavy atom. The van der Waals surface area contributed by atoms with Crippen molar-refractivity contribution in [1.29, 1.82) is 0 Å². The Balaban J connectivity index is 1.74. The van der Waals surface area contributed by atoms with Crippen LogP contribution >= 0.6 is 0 Å². The zero-order valence-corrected chi connectivity index (χ0v) is 20.7. The fourth-order valence-corrected chi connectivity index (χ4v) is 3.79. The number of carbonyl (C=O) groups is 1. The molecule has 3 heterocycles. The highest BCUT2D eigenvalue weighted by molar-refractivity contribution is 6.04. The van der Waals surface area contributed by atoms with Crippen molar-refractivity contribution in [1.82, 2.24) is 15.0 Å². The van der Waals surface area contributed by atoms with Gasteiger partial charge in [0, 0.05) is 34.9 Å². The van der Waals surface area contributed by atoms with Crippen molar-refractivity contribution >= 4 is 11.6 Å². The Morgan fingerprint density at radius 2 is 1.59 bits per heavy atom. The number of anilines is 1. The van der Waals surface area contributed by atoms with Gasteiger partial charge in [-0.2, -0.15) is 13.2 Å². The van der Waals surface area contributed by atoms with E-state index >= 15 is 0 Å². The Bertz CT molecular complexity index is 1480. The maximum Gasteiger partial charge on any atom is 0.433 e. The number of alkyl halides is 3. The van der Waals surface area contributed by atoms with E-state index in [0.717, 1.165) is 34.1 Å². The average molecular weight is 507 g/mol. The maximum atomic E-state index is 13.0. The summed E-state index contributed by atoms with van der Waals surface area (Å²) in [5, 5.41) is 13.4. The van der Waals surface area contributed by atoms with Crippen molar-refractivity contribution in [3.63, 3.8) is 0 Å². The quantitative estimate of drug-likeness (QED) is 0.331. The molecule has 1 amide bonds. The van der Waals surface area contributed by atoms with E-state index in [2.05, 4.69) is 20.3 Å². The van der Waals surface area contributed by atoms with Gasteiger partial charge in [-0.3, -0.25) is 14.8 Å². The van der Waals surface area contributed by atoms with Gasteiger partial charge in [0.15, 0.2) is 0 Å². The first-order valence-corrected chi connectivity index (χ1v) is 11.4. The highest BCUT2D eigenvalue weighted by Gasteiger charge is 2.33. The molecular formula is C28H25F3N4O2. The lowest BCUT2D eigenvalue weighted by molar-refractivity contribution is -0.141. The number of rotatable bonds is 5. The minimum atomic E-state index is -4.65. The summed E-state index contributed by atoms with van der Waals surface area (Å²) in [7, 11) is 0. The molecule has 37 heavy (non-hydrogen) atoms. The number of benzene rings is 1. The van der Waals surface area contributed by atoms with E-state index in [-0.39, 0.29) is 5.56 Å². The third-order valence-corrected chi connectivity index (χ3v) is 5.76. The van der Waals surface area contributed by atoms with Crippen LogP contribution in [-0.2, 0) is 11.8 Å². The first-order chi connectivity index (χ1) is 17.3. The van der Waals surface area contributed by atoms with Crippen molar-refractivity contribution < 1.29 is 23.1 Å². The van der Waals surface area contributed by atoms with E-state index < -0.39 is 23.4 Å². The molecule has 0 aliphatic heterocycles. The van der Waals surface area contributed by atoms with Crippen LogP contribution in [0.4, 0.5) is 18.9 Å². The van der Waals surface area contributed by atoms with Crippen LogP contribution < -0.4 is 5.32 Å². The number of aryl methyl sites for hydroxylation is 2. The molecule has 0 bridgehead atoms. The summed E-state index contributed by atoms with van der Waals surface area (Å²) >= 11 is 0. The molecule has 0 atom stereocenters. The normalized spacial score (nSPS) is 11.9. The highest BCUT2D eigenvalue weighted by Crippen LogP contribution is 2.33. The van der Waals surface area contributed by atoms with Gasteiger partial charge in [0.25, 0.3) is 5.91 Å². The molecule has 190 valence electrons. The molecule has 0 radical (unpaired) electrons. The first-order valence-electron chi connectivity index (χ1n) is 11.4. The van der Waals surface area contributed by atoms with Gasteiger partial charge >= 0.3 is 6.18 Å². The fraction of sp³-hybridized carbons (Fsp3) is 0.214. The Morgan fingerprint density at radius 1 is 0.865 bits per heavy atom. The fourth-order valence-electron chi connectivity index (χ4n) is 3.79. The van der Waals surface area contributed by atoms with E-state index in [1.165, 1.54) is 6.07 Å². The number of aromatic nitrogens is 3. The monoisotopic (exact) mass is 506 g/mol. The number of hydrogen-bond donors (Lipinski definition) is 2. The lowest BCUT2D eigenvalue weighted by Crippen LogP contribution is -2.18. The number of halogens is 3. The minimum absolute atomic E-state index is 0.159. The number of nitrogens with one attached hydrogen (secondary N) is 1. The van der Waals surface area contributed by atoms with Crippen molar-refractivity contribution in [2.75, 3.05) is 5.32 Å². The zero-order chi connectivity index (χ0) is 27.0. The molecule has 0 fully saturated rings. The smallest absolute Gasteiger partial charge is 0.384 e. The molecule has 0 saturated carbocycles. The third kappa shape index (κ3) is 6.00. The van der Waals surface area contributed by atoms with Gasteiger partial charge in [-0.25, -0.2) is 4.98 Å². The van der Waals surface area contributed by atoms with Gasteiger partial charge in [0.1, 0.15) is 11.3 Å². The molecule has 4 rings (SSSR count). The molecule has 1 aromatic carbocycles. The second-order valence-corrected chi connectivity index (χ2v) is 9.28. The summed E-state index contributed by atoms with van der Waals surface area (Å²) in [5.74, 6) is -0.692. The van der Waals surface area contributed by atoms with Gasteiger partial charge in [-0.15, -0.1) is 0 Å². The van der Waals surface area contributed by atoms with Crippen molar-refractivity contribution in [2.24, 2.45) is 0 Å². The minimum Gasteiger partial charge on any atom is -0.384 e. The van der Waals surface area contributed by atoms with Crippen molar-refractivity contribution in [2.45, 2.75) is 39.5 Å². The summed E-state index contributed by atoms with van der Waals surface area (Å²) < 4.78 is 39.0. The summed E-state index contributed by atoms with van der Waals surface area (Å²) in [6.07, 6.45) is -2.01. The second-order valence-electron chi connectivity index (χ2n) is 9.28. The topological polar surface area (TPSA) is 88.0 Å². The van der Waals surface area contributed by atoms with Crippen LogP contribution in [0.5, 0.6) is 0 Å². The Kier molecular flexibility index (Phi) is 6.84. The van der Waals surface area contributed by atoms with E-state index in [9.17, 15) is 23.1 Å². The van der Waals surface area contributed by atoms with E-state index in [1.807, 2.05) is 32.0 Å². The van der Waals surface area contributed by atoms with Crippen LogP contribution in [0.15, 0.2) is 67.0 Å². The summed E-state index contributed by atoms with van der Waals surface area (Å²) in [6.45, 7) is 7.07. The average Bonchev–Trinajstić information content (AvgIpc) is 2.84. The molecule has 2 N–H and O–H groups in total. The van der Waals surface area contributed by atoms with Gasteiger partial charge in [0.2, 0.25) is 0 Å². The predicted molar refractivity (Wildman–Crippen MR) is 135 cm³/mol. The summed E-state index contributed by atoms with van der Waals surface area (Å²) in [6, 6.07) is 14.6. The number of pyridine rings is 3. The van der Waals surface area contributed by atoms with Gasteiger partial charge in [-0.05, 0) is 92.9 Å². The van der Waals surface area contributed by atoms with Crippen LogP contribution in [0.25, 0.3) is 22.4 Å². The largest absolute Gasteiger partial charge is 0.433 e. The number of amides is 1. The molecule has 0 spiro atoms. The Labute approximate surface area is 212 Å². The number of nitrogens with zero attached hydrogens (tertiary/aromatic N) is 3. The van der Waals surface area contributed by atoms with E-state index in [1.54, 1.807) is 44.3 Å². The van der Waals surface area contributed by atoms with Crippen molar-refractivity contribution in [3.05, 3.63) is 95.2 Å². The van der Waals surface area contributed by atoms with Gasteiger partial charge < -0.3 is 10.4 Å². The molecule has 0 aliphatic carbocycles. The van der Waals surface area contributed by atoms with Crippen LogP contribution in [0.2, 0.25) is 0 Å². The predicted octanol–water partition coefficient (Wildman–Crippen LogP) is 6.32. The van der Waals surface area contributed by atoms with E-state index in [4.69, 9.17) is 0 Å².